The average Bonchev–Trinajstić information content (AvgIpc) is 0.854. The molecule has 2 saturated carbocycles. The summed E-state index contributed by atoms with van der Waals surface area (Å²) in [4.78, 5) is 130. The smallest absolute Gasteiger partial charge is 0.351 e. The third-order valence-corrected chi connectivity index (χ3v) is 22.4. The highest BCUT2D eigenvalue weighted by Crippen LogP contribution is 2.65. The topological polar surface area (TPSA) is 437 Å². The van der Waals surface area contributed by atoms with Crippen molar-refractivity contribution >= 4 is 58.3 Å². The minimum atomic E-state index is -3.71. The minimum Gasteiger partial charge on any atom is -0.508 e. The Labute approximate surface area is 632 Å². The fraction of sp³-hybridized carbons (Fsp3) is 0.430. The van der Waals surface area contributed by atoms with E-state index in [1.54, 1.807) is 122 Å². The molecule has 32 heteroatoms. The Kier molecular flexibility index (Phi) is 21.8. The van der Waals surface area contributed by atoms with Crippen LogP contribution in [0, 0.1) is 16.7 Å². The van der Waals surface area contributed by atoms with Gasteiger partial charge in [0.2, 0.25) is 6.23 Å². The van der Waals surface area contributed by atoms with E-state index in [4.69, 9.17) is 49.0 Å². The van der Waals surface area contributed by atoms with E-state index in [2.05, 4.69) is 10.3 Å². The second-order valence-electron chi connectivity index (χ2n) is 29.7. The second-order valence-corrected chi connectivity index (χ2v) is 29.7. The highest BCUT2D eigenvalue weighted by Gasteiger charge is 2.78. The Balaban J connectivity index is 0.000000190. The molecule has 7 aliphatic rings. The lowest BCUT2D eigenvalue weighted by atomic mass is 9.44. The molecular weight excluding hydrogens is 1450 g/mol. The van der Waals surface area contributed by atoms with Crippen LogP contribution in [0.4, 0.5) is 14.6 Å². The molecule has 4 aromatic carbocycles. The van der Waals surface area contributed by atoms with Crippen molar-refractivity contribution in [2.75, 3.05) is 33.0 Å². The maximum Gasteiger partial charge on any atom is 0.351 e. The molecule has 7 heterocycles. The van der Waals surface area contributed by atoms with Gasteiger partial charge in [-0.1, -0.05) is 87.5 Å². The van der Waals surface area contributed by atoms with Gasteiger partial charge in [0.25, 0.3) is 11.5 Å². The van der Waals surface area contributed by atoms with Crippen LogP contribution in [0.3, 0.4) is 0 Å². The van der Waals surface area contributed by atoms with Crippen LogP contribution in [0.25, 0.3) is 22.3 Å². The van der Waals surface area contributed by atoms with Crippen LogP contribution in [-0.2, 0) is 82.4 Å². The number of aliphatic hydroxyl groups excluding tert-OH is 4. The Morgan fingerprint density at radius 2 is 1.50 bits per heavy atom. The number of carbonyl (C=O) groups is 7. The van der Waals surface area contributed by atoms with Crippen LogP contribution in [0.1, 0.15) is 129 Å². The number of benzene rings is 4. The fourth-order valence-corrected chi connectivity index (χ4v) is 16.5. The molecule has 14 rings (SSSR count). The van der Waals surface area contributed by atoms with Crippen LogP contribution < -0.4 is 22.3 Å². The predicted octanol–water partition coefficient (Wildman–Crippen LogP) is 4.29. The molecule has 10 N–H and O–H groups in total. The number of hydrogen-bond donors (Lipinski definition) is 9. The van der Waals surface area contributed by atoms with Gasteiger partial charge in [0.1, 0.15) is 48.2 Å². The number of amides is 1. The number of halogens is 2. The molecule has 588 valence electrons. The molecule has 0 spiro atoms. The van der Waals surface area contributed by atoms with Crippen molar-refractivity contribution in [1.82, 2.24) is 29.3 Å². The van der Waals surface area contributed by atoms with Crippen molar-refractivity contribution in [1.29, 1.82) is 0 Å². The highest BCUT2D eigenvalue weighted by molar-refractivity contribution is 5.97. The molecule has 0 radical (unpaired) electrons. The summed E-state index contributed by atoms with van der Waals surface area (Å²) in [6.45, 7) is 9.59. The third-order valence-electron chi connectivity index (χ3n) is 22.4. The third kappa shape index (κ3) is 13.9. The molecule has 2 bridgehead atoms. The largest absolute Gasteiger partial charge is 0.508 e. The van der Waals surface area contributed by atoms with E-state index >= 15 is 4.79 Å². The zero-order chi connectivity index (χ0) is 80.5. The van der Waals surface area contributed by atoms with Crippen LogP contribution in [0.15, 0.2) is 148 Å². The number of phenols is 1. The average molecular weight is 1540 g/mol. The van der Waals surface area contributed by atoms with E-state index in [0.29, 0.717) is 51.3 Å². The van der Waals surface area contributed by atoms with E-state index in [1.807, 2.05) is 25.1 Å². The van der Waals surface area contributed by atoms with Crippen LogP contribution >= 0.6 is 0 Å². The molecule has 4 aliphatic heterocycles. The molecule has 0 unspecified atom stereocenters. The summed E-state index contributed by atoms with van der Waals surface area (Å²) >= 11 is 0. The number of hydrogen-bond acceptors (Lipinski definition) is 27. The molecule has 111 heavy (non-hydrogen) atoms. The fourth-order valence-electron chi connectivity index (χ4n) is 16.5. The number of nitrogens with zero attached hydrogens (tertiary/aromatic N) is 5. The number of anilines is 1. The number of fused-ring (bicyclic) bond motifs is 10. The Bertz CT molecular complexity index is 5010. The second kappa shape index (κ2) is 30.3. The quantitative estimate of drug-likeness (QED) is 0.0392. The lowest BCUT2D eigenvalue weighted by Gasteiger charge is -2.67. The number of pyridine rings is 2. The van der Waals surface area contributed by atoms with Crippen molar-refractivity contribution in [2.45, 2.75) is 171 Å². The van der Waals surface area contributed by atoms with Crippen LogP contribution in [-0.4, -0.2) is 195 Å². The summed E-state index contributed by atoms with van der Waals surface area (Å²) in [7, 11) is 3.86. The maximum atomic E-state index is 15.5. The summed E-state index contributed by atoms with van der Waals surface area (Å²) in [5, 5.41) is 80.5. The number of ketones is 1. The number of esters is 5. The van der Waals surface area contributed by atoms with E-state index < -0.39 is 161 Å². The number of nitrogen functional groups attached to an aromatic ring is 1. The molecule has 1 amide bonds. The lowest BCUT2D eigenvalue weighted by Crippen LogP contribution is -2.82. The number of aliphatic hydroxyl groups is 6. The Morgan fingerprint density at radius 3 is 2.08 bits per heavy atom. The van der Waals surface area contributed by atoms with E-state index in [-0.39, 0.29) is 65.5 Å². The molecule has 2 saturated heterocycles. The Morgan fingerprint density at radius 1 is 0.847 bits per heavy atom. The molecule has 3 aromatic heterocycles. The number of nitrogens with one attached hydrogen (secondary N) is 1. The standard InChI is InChI=1S/C47H51NO14.C23H23N3O5.C9H11F2N3O4/c1-25-31(60-43(56)36(52)35(28-16-10-7-11-17-28)48-41(54)29-18-12-8-13-19-29)23-47(57)40(61-42(55)30-20-14-9-15-21-30)38-45(6,32(51)22-33-46(38,24-58-33)62-27(3)50)39(53)37(59-26(2)49)34(25)44(47,4)5;1-4-23(30)16-8-18-20-12(9-26(18)21(28)15(16)11-31-22(23)29)7-13-14(10-25(2)3)19(27)6-5-17(13)24-20;10-9(11)6(16)4(3-15)18-7(9)14-2-1-5(12)13-8(14)17/h7-21,31-33,35-38,40,51-52,57H,22-24H2,1-6H3,(H,48,54);5-8,27,30H,4,9-11H2,1-3H3;1-2,4,6-7,15-16H,3H2,(H2,12,13,17)/t31-,32-,33+,35-,36+,37+,38-,40-,45+,46-,47+;23-;4-,6-,7-/m001/s1. The highest BCUT2D eigenvalue weighted by atomic mass is 19.3. The number of aromatic hydroxyl groups is 1. The van der Waals surface area contributed by atoms with Crippen molar-refractivity contribution < 1.29 is 111 Å². The van der Waals surface area contributed by atoms with Crippen molar-refractivity contribution in [3.8, 4) is 17.1 Å². The van der Waals surface area contributed by atoms with Crippen molar-refractivity contribution in [3.05, 3.63) is 198 Å². The molecule has 7 aromatic rings. The summed E-state index contributed by atoms with van der Waals surface area (Å²) in [5.74, 6) is -11.2. The summed E-state index contributed by atoms with van der Waals surface area (Å²) in [6.07, 6.45) is -15.1. The number of Topliss-reactive ketones (excluding diaryl/α,β-unsaturated/α-hetero) is 1. The summed E-state index contributed by atoms with van der Waals surface area (Å²) in [5.41, 5.74) is -0.780. The maximum absolute atomic E-state index is 15.5. The number of alkyl halides is 2. The molecular formula is C79H85F2N7O23. The van der Waals surface area contributed by atoms with Gasteiger partial charge in [-0.05, 0) is 106 Å². The van der Waals surface area contributed by atoms with Gasteiger partial charge in [-0.2, -0.15) is 13.8 Å². The molecule has 3 aliphatic carbocycles. The summed E-state index contributed by atoms with van der Waals surface area (Å²) in [6, 6.07) is 31.1. The van der Waals surface area contributed by atoms with Crippen LogP contribution in [0.5, 0.6) is 5.75 Å². The number of aromatic nitrogens is 4. The van der Waals surface area contributed by atoms with Crippen LogP contribution in [0.2, 0.25) is 0 Å². The van der Waals surface area contributed by atoms with E-state index in [9.17, 15) is 77.8 Å². The first-order chi connectivity index (χ1) is 52.4. The van der Waals surface area contributed by atoms with E-state index in [1.165, 1.54) is 26.0 Å². The SMILES string of the molecule is CC(=O)O[C@H]1C(=O)[C@@]2(C)[C@H]([C@H](OC(=O)c3ccccc3)[C@]3(O)C[C@H](OC(=O)[C@H](O)[C@@H](NC(=O)c4ccccc4)c4ccccc4)C(C)=C1C3(C)C)[C@]1(OC(C)=O)CO[C@@H]1C[C@@H]2O.CC[C@@]1(O)C(=O)OCc2c1cc1n(c2=O)Cc2cc3c(CN(C)C)c(O)ccc3nc2-1.Nc1ccn([C@@H]2O[C@H](CO)[C@@H](O)C2(F)F)c(=O)n1. The Hall–Kier alpha value is -10.5. The van der Waals surface area contributed by atoms with Crippen molar-refractivity contribution in [2.24, 2.45) is 16.7 Å². The lowest BCUT2D eigenvalue weighted by molar-refractivity contribution is -0.346. The van der Waals surface area contributed by atoms with Gasteiger partial charge in [-0.3, -0.25) is 28.5 Å². The van der Waals surface area contributed by atoms with Gasteiger partial charge < -0.3 is 89.4 Å². The number of carbonyl (C=O) groups excluding carboxylic acids is 7. The number of cyclic esters (lactones) is 1. The minimum absolute atomic E-state index is 0.00289. The zero-order valence-electron chi connectivity index (χ0n) is 61.9. The monoisotopic (exact) mass is 1540 g/mol. The van der Waals surface area contributed by atoms with Gasteiger partial charge in [0.15, 0.2) is 35.3 Å². The van der Waals surface area contributed by atoms with Gasteiger partial charge in [0.05, 0.1) is 71.3 Å². The molecule has 4 fully saturated rings. The van der Waals surface area contributed by atoms with Gasteiger partial charge in [-0.25, -0.2) is 24.2 Å². The zero-order valence-corrected chi connectivity index (χ0v) is 61.9. The summed E-state index contributed by atoms with van der Waals surface area (Å²) < 4.78 is 69.7. The number of nitrogens with two attached hydrogens (primary N) is 1. The molecule has 30 nitrogen and oxygen atoms in total. The van der Waals surface area contributed by atoms with E-state index in [0.717, 1.165) is 42.6 Å². The van der Waals surface area contributed by atoms with Gasteiger partial charge in [-0.15, -0.1) is 0 Å². The normalized spacial score (nSPS) is 28.1. The number of ether oxygens (including phenoxy) is 7. The van der Waals surface area contributed by atoms with Crippen molar-refractivity contribution in [3.63, 3.8) is 0 Å². The number of rotatable bonds is 15. The van der Waals surface area contributed by atoms with Gasteiger partial charge in [0, 0.05) is 72.5 Å². The first-order valence-corrected chi connectivity index (χ1v) is 35.7. The molecule has 15 atom stereocenters. The van der Waals surface area contributed by atoms with Gasteiger partial charge >= 0.3 is 41.5 Å². The first-order valence-electron chi connectivity index (χ1n) is 35.7. The number of phenolic OH excluding ortho intramolecular Hbond substituents is 1. The predicted molar refractivity (Wildman–Crippen MR) is 386 cm³/mol. The first kappa shape index (κ1) is 80.0.